The lowest BCUT2D eigenvalue weighted by molar-refractivity contribution is -0.151. The summed E-state index contributed by atoms with van der Waals surface area (Å²) in [5.74, 6) is -0.872. The number of aryl methyl sites for hydroxylation is 1. The Morgan fingerprint density at radius 1 is 1.10 bits per heavy atom. The summed E-state index contributed by atoms with van der Waals surface area (Å²) in [5.41, 5.74) is 2.07. The Kier molecular flexibility index (Phi) is 6.56. The molecule has 8 heteroatoms. The van der Waals surface area contributed by atoms with E-state index in [0.29, 0.717) is 22.9 Å². The molecule has 158 valence electrons. The van der Waals surface area contributed by atoms with Crippen LogP contribution in [0.4, 0.5) is 11.4 Å². The second-order valence-electron chi connectivity index (χ2n) is 6.94. The summed E-state index contributed by atoms with van der Waals surface area (Å²) in [4.78, 5) is 38.6. The van der Waals surface area contributed by atoms with Crippen LogP contribution >= 0.6 is 0 Å². The number of benzene rings is 2. The lowest BCUT2D eigenvalue weighted by atomic mass is 10.1. The molecule has 1 atom stereocenters. The van der Waals surface area contributed by atoms with Crippen molar-refractivity contribution in [3.63, 3.8) is 0 Å². The number of nitrogens with one attached hydrogen (secondary N) is 1. The van der Waals surface area contributed by atoms with Gasteiger partial charge in [-0.3, -0.25) is 14.4 Å². The first kappa shape index (κ1) is 21.2. The Morgan fingerprint density at radius 2 is 1.83 bits per heavy atom. The molecule has 0 radical (unpaired) electrons. The third-order valence-electron chi connectivity index (χ3n) is 4.81. The lowest BCUT2D eigenvalue weighted by Gasteiger charge is -2.20. The molecule has 2 aromatic rings. The normalized spacial score (nSPS) is 15.6. The van der Waals surface area contributed by atoms with Gasteiger partial charge in [0.1, 0.15) is 11.5 Å². The lowest BCUT2D eigenvalue weighted by Crippen LogP contribution is -2.28. The van der Waals surface area contributed by atoms with E-state index in [1.54, 1.807) is 30.3 Å². The van der Waals surface area contributed by atoms with Crippen molar-refractivity contribution in [1.82, 2.24) is 0 Å². The minimum atomic E-state index is -0.651. The van der Waals surface area contributed by atoms with Gasteiger partial charge in [-0.25, -0.2) is 0 Å². The number of para-hydroxylation sites is 2. The van der Waals surface area contributed by atoms with Crippen LogP contribution in [0.5, 0.6) is 11.5 Å². The number of nitrogens with zero attached hydrogens (tertiary/aromatic N) is 1. The highest BCUT2D eigenvalue weighted by molar-refractivity contribution is 6.01. The first-order valence-electron chi connectivity index (χ1n) is 9.47. The standard InChI is InChI=1S/C22H24N2O6/c1-14-8-9-19(29-3)17(10-14)24-12-15(11-21(24)26)22(27)30-13-20(25)23-16-6-4-5-7-18(16)28-2/h4-10,15H,11-13H2,1-3H3,(H,23,25)/t15-/m1/s1. The van der Waals surface area contributed by atoms with Crippen molar-refractivity contribution >= 4 is 29.2 Å². The van der Waals surface area contributed by atoms with Crippen molar-refractivity contribution in [3.05, 3.63) is 48.0 Å². The van der Waals surface area contributed by atoms with Crippen LogP contribution in [0.25, 0.3) is 0 Å². The van der Waals surface area contributed by atoms with Gasteiger partial charge in [-0.15, -0.1) is 0 Å². The summed E-state index contributed by atoms with van der Waals surface area (Å²) in [6.07, 6.45) is 0.0179. The molecule has 1 aliphatic rings. The van der Waals surface area contributed by atoms with E-state index in [1.807, 2.05) is 19.1 Å². The van der Waals surface area contributed by atoms with Crippen molar-refractivity contribution in [2.75, 3.05) is 37.6 Å². The summed E-state index contributed by atoms with van der Waals surface area (Å²) in [5, 5.41) is 2.64. The second-order valence-corrected chi connectivity index (χ2v) is 6.94. The topological polar surface area (TPSA) is 94.2 Å². The zero-order chi connectivity index (χ0) is 21.7. The molecule has 1 saturated heterocycles. The molecule has 2 aromatic carbocycles. The van der Waals surface area contributed by atoms with Crippen molar-refractivity contribution in [1.29, 1.82) is 0 Å². The van der Waals surface area contributed by atoms with E-state index < -0.39 is 24.4 Å². The van der Waals surface area contributed by atoms with Gasteiger partial charge in [0.2, 0.25) is 5.91 Å². The Morgan fingerprint density at radius 3 is 2.57 bits per heavy atom. The smallest absolute Gasteiger partial charge is 0.311 e. The van der Waals surface area contributed by atoms with Crippen molar-refractivity contribution < 1.29 is 28.6 Å². The number of ether oxygens (including phenoxy) is 3. The fraction of sp³-hybridized carbons (Fsp3) is 0.318. The molecule has 0 bridgehead atoms. The van der Waals surface area contributed by atoms with Gasteiger partial charge in [-0.1, -0.05) is 18.2 Å². The highest BCUT2D eigenvalue weighted by Crippen LogP contribution is 2.34. The van der Waals surface area contributed by atoms with Crippen molar-refractivity contribution in [3.8, 4) is 11.5 Å². The molecular weight excluding hydrogens is 388 g/mol. The maximum atomic E-state index is 12.5. The van der Waals surface area contributed by atoms with Gasteiger partial charge in [-0.05, 0) is 36.8 Å². The van der Waals surface area contributed by atoms with Gasteiger partial charge in [-0.2, -0.15) is 0 Å². The molecule has 1 fully saturated rings. The van der Waals surface area contributed by atoms with E-state index in [2.05, 4.69) is 5.32 Å². The Labute approximate surface area is 174 Å². The molecule has 0 aromatic heterocycles. The Balaban J connectivity index is 1.58. The van der Waals surface area contributed by atoms with Crippen LogP contribution in [0.2, 0.25) is 0 Å². The molecular formula is C22H24N2O6. The Hall–Kier alpha value is -3.55. The predicted octanol–water partition coefficient (Wildman–Crippen LogP) is 2.55. The SMILES string of the molecule is COc1ccccc1NC(=O)COC(=O)[C@@H]1CC(=O)N(c2cc(C)ccc2OC)C1. The number of carbonyl (C=O) groups is 3. The molecule has 2 amide bonds. The van der Waals surface area contributed by atoms with Gasteiger partial charge in [0, 0.05) is 13.0 Å². The van der Waals surface area contributed by atoms with Gasteiger partial charge < -0.3 is 24.4 Å². The minimum Gasteiger partial charge on any atom is -0.495 e. The zero-order valence-corrected chi connectivity index (χ0v) is 17.1. The number of hydrogen-bond acceptors (Lipinski definition) is 6. The van der Waals surface area contributed by atoms with E-state index in [1.165, 1.54) is 19.1 Å². The van der Waals surface area contributed by atoms with E-state index in [-0.39, 0.29) is 18.9 Å². The van der Waals surface area contributed by atoms with Crippen LogP contribution in [0.3, 0.4) is 0 Å². The van der Waals surface area contributed by atoms with Crippen LogP contribution in [0.15, 0.2) is 42.5 Å². The monoisotopic (exact) mass is 412 g/mol. The maximum Gasteiger partial charge on any atom is 0.311 e. The third kappa shape index (κ3) is 4.71. The molecule has 8 nitrogen and oxygen atoms in total. The van der Waals surface area contributed by atoms with Crippen LogP contribution < -0.4 is 19.7 Å². The number of hydrogen-bond donors (Lipinski definition) is 1. The van der Waals surface area contributed by atoms with Crippen molar-refractivity contribution in [2.24, 2.45) is 5.92 Å². The van der Waals surface area contributed by atoms with Crippen LogP contribution in [0.1, 0.15) is 12.0 Å². The molecule has 1 N–H and O–H groups in total. The van der Waals surface area contributed by atoms with E-state index in [4.69, 9.17) is 14.2 Å². The van der Waals surface area contributed by atoms with E-state index in [0.717, 1.165) is 5.56 Å². The van der Waals surface area contributed by atoms with Crippen LogP contribution in [0, 0.1) is 12.8 Å². The third-order valence-corrected chi connectivity index (χ3v) is 4.81. The summed E-state index contributed by atoms with van der Waals surface area (Å²) in [7, 11) is 3.03. The van der Waals surface area contributed by atoms with Gasteiger partial charge >= 0.3 is 5.97 Å². The van der Waals surface area contributed by atoms with Crippen molar-refractivity contribution in [2.45, 2.75) is 13.3 Å². The maximum absolute atomic E-state index is 12.5. The fourth-order valence-electron chi connectivity index (χ4n) is 3.30. The molecule has 0 spiro atoms. The molecule has 0 saturated carbocycles. The average Bonchev–Trinajstić information content (AvgIpc) is 3.14. The largest absolute Gasteiger partial charge is 0.495 e. The molecule has 1 aliphatic heterocycles. The number of amides is 2. The molecule has 1 heterocycles. The molecule has 0 aliphatic carbocycles. The highest BCUT2D eigenvalue weighted by Gasteiger charge is 2.37. The number of esters is 1. The molecule has 3 rings (SSSR count). The quantitative estimate of drug-likeness (QED) is 0.703. The number of methoxy groups -OCH3 is 2. The highest BCUT2D eigenvalue weighted by atomic mass is 16.5. The molecule has 30 heavy (non-hydrogen) atoms. The minimum absolute atomic E-state index is 0.0179. The van der Waals surface area contributed by atoms with Gasteiger partial charge in [0.15, 0.2) is 6.61 Å². The summed E-state index contributed by atoms with van der Waals surface area (Å²) in [6, 6.07) is 12.4. The number of anilines is 2. The Bertz CT molecular complexity index is 958. The summed E-state index contributed by atoms with van der Waals surface area (Å²) >= 11 is 0. The zero-order valence-electron chi connectivity index (χ0n) is 17.1. The van der Waals surface area contributed by atoms with Gasteiger partial charge in [0.05, 0.1) is 31.5 Å². The first-order valence-corrected chi connectivity index (χ1v) is 9.47. The van der Waals surface area contributed by atoms with Crippen LogP contribution in [-0.2, 0) is 19.1 Å². The summed E-state index contributed by atoms with van der Waals surface area (Å²) < 4.78 is 15.7. The summed E-state index contributed by atoms with van der Waals surface area (Å²) in [6.45, 7) is 1.64. The van der Waals surface area contributed by atoms with E-state index >= 15 is 0 Å². The van der Waals surface area contributed by atoms with Crippen LogP contribution in [-0.4, -0.2) is 45.2 Å². The van der Waals surface area contributed by atoms with E-state index in [9.17, 15) is 14.4 Å². The first-order chi connectivity index (χ1) is 14.4. The fourth-order valence-corrected chi connectivity index (χ4v) is 3.30. The second kappa shape index (κ2) is 9.30. The van der Waals surface area contributed by atoms with Gasteiger partial charge in [0.25, 0.3) is 5.91 Å². The average molecular weight is 412 g/mol. The predicted molar refractivity (Wildman–Crippen MR) is 111 cm³/mol. The number of carbonyl (C=O) groups excluding carboxylic acids is 3. The number of rotatable bonds is 7. The molecule has 0 unspecified atom stereocenters.